The van der Waals surface area contributed by atoms with Crippen LogP contribution in [0.4, 0.5) is 0 Å². The van der Waals surface area contributed by atoms with E-state index in [1.165, 1.54) is 0 Å². The van der Waals surface area contributed by atoms with Gasteiger partial charge in [-0.05, 0) is 19.8 Å². The summed E-state index contributed by atoms with van der Waals surface area (Å²) in [4.78, 5) is 20.9. The van der Waals surface area contributed by atoms with Crippen LogP contribution in [-0.2, 0) is 9.59 Å². The minimum absolute atomic E-state index is 0.219. The Balaban J connectivity index is 3.00. The number of hydrogen-bond acceptors (Lipinski definition) is 2. The number of amides is 1. The molecule has 0 radical (unpaired) electrons. The standard InChI is InChI=1S/C10H19NO2/c1-9(12)7-5-3-2-4-6-8-10(11)13/h2-8H2,1H3,(H2,11,13). The van der Waals surface area contributed by atoms with Crippen molar-refractivity contribution in [1.82, 2.24) is 0 Å². The van der Waals surface area contributed by atoms with Crippen LogP contribution in [0.1, 0.15) is 51.9 Å². The first kappa shape index (κ1) is 12.1. The summed E-state index contributed by atoms with van der Waals surface area (Å²) >= 11 is 0. The molecular formula is C10H19NO2. The second kappa shape index (κ2) is 7.77. The van der Waals surface area contributed by atoms with Crippen LogP contribution in [0.3, 0.4) is 0 Å². The Morgan fingerprint density at radius 3 is 1.85 bits per heavy atom. The smallest absolute Gasteiger partial charge is 0.217 e. The van der Waals surface area contributed by atoms with Crippen LogP contribution in [0.25, 0.3) is 0 Å². The highest BCUT2D eigenvalue weighted by Crippen LogP contribution is 2.06. The number of hydrogen-bond donors (Lipinski definition) is 1. The molecule has 0 heterocycles. The maximum Gasteiger partial charge on any atom is 0.217 e. The van der Waals surface area contributed by atoms with Gasteiger partial charge in [0.05, 0.1) is 0 Å². The molecule has 13 heavy (non-hydrogen) atoms. The molecule has 0 aliphatic carbocycles. The molecule has 0 saturated heterocycles. The third-order valence-corrected chi connectivity index (χ3v) is 1.95. The Morgan fingerprint density at radius 2 is 1.38 bits per heavy atom. The van der Waals surface area contributed by atoms with Gasteiger partial charge in [0.2, 0.25) is 5.91 Å². The van der Waals surface area contributed by atoms with Crippen molar-refractivity contribution in [2.45, 2.75) is 51.9 Å². The Morgan fingerprint density at radius 1 is 0.923 bits per heavy atom. The van der Waals surface area contributed by atoms with E-state index >= 15 is 0 Å². The molecule has 76 valence electrons. The molecule has 0 aromatic carbocycles. The van der Waals surface area contributed by atoms with Crippen molar-refractivity contribution in [3.63, 3.8) is 0 Å². The molecule has 0 fully saturated rings. The molecule has 0 aromatic rings. The minimum Gasteiger partial charge on any atom is -0.370 e. The fourth-order valence-corrected chi connectivity index (χ4v) is 1.20. The Bertz CT molecular complexity index is 148. The molecule has 2 N–H and O–H groups in total. The number of nitrogens with two attached hydrogens (primary N) is 1. The van der Waals surface area contributed by atoms with Gasteiger partial charge < -0.3 is 10.5 Å². The lowest BCUT2D eigenvalue weighted by Crippen LogP contribution is -2.09. The van der Waals surface area contributed by atoms with Crippen molar-refractivity contribution in [1.29, 1.82) is 0 Å². The summed E-state index contributed by atoms with van der Waals surface area (Å²) in [7, 11) is 0. The van der Waals surface area contributed by atoms with E-state index < -0.39 is 0 Å². The number of unbranched alkanes of at least 4 members (excludes halogenated alkanes) is 4. The lowest BCUT2D eigenvalue weighted by molar-refractivity contribution is -0.118. The van der Waals surface area contributed by atoms with Crippen LogP contribution in [0.5, 0.6) is 0 Å². The predicted octanol–water partition coefficient (Wildman–Crippen LogP) is 1.79. The van der Waals surface area contributed by atoms with E-state index in [9.17, 15) is 9.59 Å². The third kappa shape index (κ3) is 11.1. The van der Waals surface area contributed by atoms with E-state index in [0.29, 0.717) is 12.8 Å². The molecule has 0 bridgehead atoms. The van der Waals surface area contributed by atoms with E-state index in [0.717, 1.165) is 32.1 Å². The molecule has 0 atom stereocenters. The zero-order chi connectivity index (χ0) is 10.1. The Kier molecular flexibility index (Phi) is 7.26. The van der Waals surface area contributed by atoms with Crippen molar-refractivity contribution in [3.8, 4) is 0 Å². The quantitative estimate of drug-likeness (QED) is 0.586. The molecular weight excluding hydrogens is 166 g/mol. The fraction of sp³-hybridized carbons (Fsp3) is 0.800. The van der Waals surface area contributed by atoms with Crippen LogP contribution in [0, 0.1) is 0 Å². The van der Waals surface area contributed by atoms with Crippen molar-refractivity contribution in [3.05, 3.63) is 0 Å². The summed E-state index contributed by atoms with van der Waals surface area (Å²) in [6.45, 7) is 1.62. The number of Topliss-reactive ketones (excluding diaryl/α,β-unsaturated/α-hetero) is 1. The van der Waals surface area contributed by atoms with Gasteiger partial charge in [0.1, 0.15) is 5.78 Å². The van der Waals surface area contributed by atoms with Gasteiger partial charge in [0.15, 0.2) is 0 Å². The first-order chi connectivity index (χ1) is 6.13. The van der Waals surface area contributed by atoms with Crippen LogP contribution in [-0.4, -0.2) is 11.7 Å². The first-order valence-electron chi connectivity index (χ1n) is 4.90. The largest absolute Gasteiger partial charge is 0.370 e. The van der Waals surface area contributed by atoms with Gasteiger partial charge in [-0.15, -0.1) is 0 Å². The molecule has 0 unspecified atom stereocenters. The molecule has 0 rings (SSSR count). The van der Waals surface area contributed by atoms with Gasteiger partial charge in [-0.1, -0.05) is 19.3 Å². The average molecular weight is 185 g/mol. The lowest BCUT2D eigenvalue weighted by Gasteiger charge is -1.98. The minimum atomic E-state index is -0.219. The zero-order valence-electron chi connectivity index (χ0n) is 8.34. The highest BCUT2D eigenvalue weighted by atomic mass is 16.1. The average Bonchev–Trinajstić information content (AvgIpc) is 2.01. The molecule has 0 aromatic heterocycles. The van der Waals surface area contributed by atoms with Crippen molar-refractivity contribution in [2.24, 2.45) is 5.73 Å². The number of carbonyl (C=O) groups is 2. The highest BCUT2D eigenvalue weighted by Gasteiger charge is 1.96. The van der Waals surface area contributed by atoms with Crippen LogP contribution in [0.2, 0.25) is 0 Å². The van der Waals surface area contributed by atoms with E-state index in [1.54, 1.807) is 6.92 Å². The second-order valence-corrected chi connectivity index (χ2v) is 3.44. The van der Waals surface area contributed by atoms with E-state index in [2.05, 4.69) is 0 Å². The van der Waals surface area contributed by atoms with Crippen LogP contribution < -0.4 is 5.73 Å². The number of ketones is 1. The maximum absolute atomic E-state index is 10.6. The van der Waals surface area contributed by atoms with E-state index in [4.69, 9.17) is 5.73 Å². The number of rotatable bonds is 8. The van der Waals surface area contributed by atoms with Crippen molar-refractivity contribution >= 4 is 11.7 Å². The van der Waals surface area contributed by atoms with Gasteiger partial charge in [-0.2, -0.15) is 0 Å². The normalized spacial score (nSPS) is 9.92. The summed E-state index contributed by atoms with van der Waals surface area (Å²) in [5.41, 5.74) is 4.99. The molecule has 3 nitrogen and oxygen atoms in total. The monoisotopic (exact) mass is 185 g/mol. The van der Waals surface area contributed by atoms with Crippen molar-refractivity contribution in [2.75, 3.05) is 0 Å². The number of carbonyl (C=O) groups excluding carboxylic acids is 2. The molecule has 1 amide bonds. The summed E-state index contributed by atoms with van der Waals surface area (Å²) < 4.78 is 0. The molecule has 0 aliphatic rings. The summed E-state index contributed by atoms with van der Waals surface area (Å²) in [5, 5.41) is 0. The summed E-state index contributed by atoms with van der Waals surface area (Å²) in [6.07, 6.45) is 6.27. The van der Waals surface area contributed by atoms with Crippen LogP contribution in [0.15, 0.2) is 0 Å². The summed E-state index contributed by atoms with van der Waals surface area (Å²) in [5.74, 6) is 0.0425. The molecule has 0 saturated carbocycles. The molecule has 0 spiro atoms. The predicted molar refractivity (Wildman–Crippen MR) is 52.2 cm³/mol. The lowest BCUT2D eigenvalue weighted by atomic mass is 10.1. The van der Waals surface area contributed by atoms with Gasteiger partial charge in [0.25, 0.3) is 0 Å². The number of primary amides is 1. The first-order valence-corrected chi connectivity index (χ1v) is 4.90. The maximum atomic E-state index is 10.6. The van der Waals surface area contributed by atoms with Gasteiger partial charge >= 0.3 is 0 Å². The van der Waals surface area contributed by atoms with E-state index in [-0.39, 0.29) is 11.7 Å². The van der Waals surface area contributed by atoms with Gasteiger partial charge in [-0.3, -0.25) is 4.79 Å². The fourth-order valence-electron chi connectivity index (χ4n) is 1.20. The Labute approximate surface area is 79.7 Å². The van der Waals surface area contributed by atoms with E-state index in [1.807, 2.05) is 0 Å². The molecule has 0 aliphatic heterocycles. The summed E-state index contributed by atoms with van der Waals surface area (Å²) in [6, 6.07) is 0. The van der Waals surface area contributed by atoms with Gasteiger partial charge in [-0.25, -0.2) is 0 Å². The van der Waals surface area contributed by atoms with Gasteiger partial charge in [0, 0.05) is 12.8 Å². The Hall–Kier alpha value is -0.860. The molecule has 3 heteroatoms. The second-order valence-electron chi connectivity index (χ2n) is 3.44. The third-order valence-electron chi connectivity index (χ3n) is 1.95. The van der Waals surface area contributed by atoms with Crippen molar-refractivity contribution < 1.29 is 9.59 Å². The zero-order valence-corrected chi connectivity index (χ0v) is 8.34. The van der Waals surface area contributed by atoms with Crippen LogP contribution >= 0.6 is 0 Å². The highest BCUT2D eigenvalue weighted by molar-refractivity contribution is 5.75. The SMILES string of the molecule is CC(=O)CCCCCCCC(N)=O. The topological polar surface area (TPSA) is 60.2 Å².